The number of fused-ring (bicyclic) bond motifs is 1. The van der Waals surface area contributed by atoms with Crippen LogP contribution in [0.1, 0.15) is 49.5 Å². The first kappa shape index (κ1) is 27.3. The summed E-state index contributed by atoms with van der Waals surface area (Å²) in [6.07, 6.45) is 4.33. The normalized spacial score (nSPS) is 15.3. The standard InChI is InChI=1S/C14H12ClNO6.C11H11NO3/c1-14(2)21-9(7-13(18)22-14)6-12(17)10-5-8(16(19)20)3-4-11(10)15;1-2-10-5-3-8-7-9(12(13)14)4-6-11(8)15-10/h3-5,7H,6H2,1-2H3;4-7H,2-3H2,1H3. The van der Waals surface area contributed by atoms with E-state index in [1.54, 1.807) is 12.1 Å². The summed E-state index contributed by atoms with van der Waals surface area (Å²) in [4.78, 5) is 44.0. The smallest absolute Gasteiger partial charge is 0.337 e. The molecule has 0 saturated heterocycles. The zero-order valence-corrected chi connectivity index (χ0v) is 20.9. The van der Waals surface area contributed by atoms with E-state index in [1.165, 1.54) is 32.0 Å². The maximum absolute atomic E-state index is 12.2. The molecule has 0 aromatic heterocycles. The van der Waals surface area contributed by atoms with Gasteiger partial charge in [-0.1, -0.05) is 18.5 Å². The van der Waals surface area contributed by atoms with Crippen molar-refractivity contribution in [3.05, 3.63) is 96.4 Å². The van der Waals surface area contributed by atoms with E-state index in [-0.39, 0.29) is 39.1 Å². The Labute approximate surface area is 216 Å². The van der Waals surface area contributed by atoms with Crippen LogP contribution in [0.25, 0.3) is 0 Å². The summed E-state index contributed by atoms with van der Waals surface area (Å²) >= 11 is 5.90. The second-order valence-corrected chi connectivity index (χ2v) is 8.84. The van der Waals surface area contributed by atoms with Gasteiger partial charge >= 0.3 is 5.97 Å². The van der Waals surface area contributed by atoms with Crippen molar-refractivity contribution in [2.45, 2.75) is 45.8 Å². The van der Waals surface area contributed by atoms with Crippen LogP contribution in [0.5, 0.6) is 5.75 Å². The fourth-order valence-corrected chi connectivity index (χ4v) is 3.73. The fourth-order valence-electron chi connectivity index (χ4n) is 3.51. The average Bonchev–Trinajstić information content (AvgIpc) is 2.82. The van der Waals surface area contributed by atoms with E-state index in [0.717, 1.165) is 35.6 Å². The number of carbonyl (C=O) groups is 2. The third kappa shape index (κ3) is 7.14. The minimum Gasteiger partial charge on any atom is -0.462 e. The highest BCUT2D eigenvalue weighted by Crippen LogP contribution is 2.31. The highest BCUT2D eigenvalue weighted by Gasteiger charge is 2.31. The molecule has 0 aliphatic carbocycles. The summed E-state index contributed by atoms with van der Waals surface area (Å²) in [6.45, 7) is 5.08. The molecule has 4 rings (SSSR count). The van der Waals surface area contributed by atoms with Gasteiger partial charge in [0, 0.05) is 55.7 Å². The van der Waals surface area contributed by atoms with Crippen molar-refractivity contribution in [2.24, 2.45) is 0 Å². The van der Waals surface area contributed by atoms with Gasteiger partial charge in [0.15, 0.2) is 5.78 Å². The van der Waals surface area contributed by atoms with Crippen LogP contribution in [0.15, 0.2) is 60.1 Å². The van der Waals surface area contributed by atoms with Crippen LogP contribution in [0, 0.1) is 20.2 Å². The molecule has 37 heavy (non-hydrogen) atoms. The Morgan fingerprint density at radius 2 is 1.68 bits per heavy atom. The van der Waals surface area contributed by atoms with Crippen molar-refractivity contribution in [1.82, 2.24) is 0 Å². The zero-order chi connectivity index (χ0) is 27.3. The number of rotatable bonds is 6. The van der Waals surface area contributed by atoms with Crippen molar-refractivity contribution in [1.29, 1.82) is 0 Å². The van der Waals surface area contributed by atoms with E-state index >= 15 is 0 Å². The number of halogens is 1. The number of cyclic esters (lactones) is 1. The highest BCUT2D eigenvalue weighted by molar-refractivity contribution is 6.34. The number of allylic oxidation sites excluding steroid dienone is 3. The molecule has 0 fully saturated rings. The third-order valence-electron chi connectivity index (χ3n) is 5.19. The topological polar surface area (TPSA) is 148 Å². The number of nitrogens with zero attached hydrogens (tertiary/aromatic N) is 2. The Morgan fingerprint density at radius 1 is 1.03 bits per heavy atom. The SMILES string of the molecule is CC1(C)OC(=O)C=C(CC(=O)c2cc([N+](=O)[O-])ccc2Cl)O1.CCC1=CCc2cc([N+](=O)[O-])ccc2O1. The molecule has 2 aromatic carbocycles. The molecule has 0 amide bonds. The molecule has 0 unspecified atom stereocenters. The van der Waals surface area contributed by atoms with Gasteiger partial charge in [0.1, 0.15) is 17.3 Å². The molecule has 2 heterocycles. The number of esters is 1. The predicted molar refractivity (Wildman–Crippen MR) is 132 cm³/mol. The minimum atomic E-state index is -1.17. The van der Waals surface area contributed by atoms with Crippen LogP contribution < -0.4 is 4.74 Å². The highest BCUT2D eigenvalue weighted by atomic mass is 35.5. The molecule has 2 aromatic rings. The average molecular weight is 531 g/mol. The third-order valence-corrected chi connectivity index (χ3v) is 5.52. The molecule has 12 heteroatoms. The first-order valence-electron chi connectivity index (χ1n) is 11.1. The summed E-state index contributed by atoms with van der Waals surface area (Å²) < 4.78 is 15.8. The molecule has 0 bridgehead atoms. The molecular weight excluding hydrogens is 508 g/mol. The van der Waals surface area contributed by atoms with Gasteiger partial charge in [0.2, 0.25) is 5.79 Å². The fraction of sp³-hybridized carbons (Fsp3) is 0.280. The summed E-state index contributed by atoms with van der Waals surface area (Å²) in [5.41, 5.74) is 0.746. The molecule has 0 radical (unpaired) electrons. The Bertz CT molecular complexity index is 1330. The van der Waals surface area contributed by atoms with Gasteiger partial charge in [-0.2, -0.15) is 0 Å². The number of hydrogen-bond donors (Lipinski definition) is 0. The summed E-state index contributed by atoms with van der Waals surface area (Å²) in [5, 5.41) is 21.4. The maximum Gasteiger partial charge on any atom is 0.337 e. The molecule has 2 aliphatic rings. The maximum atomic E-state index is 12.2. The van der Waals surface area contributed by atoms with E-state index < -0.39 is 22.5 Å². The molecule has 0 atom stereocenters. The monoisotopic (exact) mass is 530 g/mol. The number of ketones is 1. The lowest BCUT2D eigenvalue weighted by atomic mass is 10.1. The second kappa shape index (κ2) is 11.2. The first-order chi connectivity index (χ1) is 17.4. The van der Waals surface area contributed by atoms with Crippen LogP contribution in [-0.4, -0.2) is 27.4 Å². The number of carbonyl (C=O) groups excluding carboxylic acids is 2. The number of benzene rings is 2. The zero-order valence-electron chi connectivity index (χ0n) is 20.2. The lowest BCUT2D eigenvalue weighted by molar-refractivity contribution is -0.385. The van der Waals surface area contributed by atoms with Crippen molar-refractivity contribution in [3.63, 3.8) is 0 Å². The van der Waals surface area contributed by atoms with Gasteiger partial charge in [-0.15, -0.1) is 0 Å². The molecular formula is C25H23ClN2O9. The largest absolute Gasteiger partial charge is 0.462 e. The van der Waals surface area contributed by atoms with E-state index in [4.69, 9.17) is 25.8 Å². The van der Waals surface area contributed by atoms with Crippen molar-refractivity contribution >= 4 is 34.7 Å². The minimum absolute atomic E-state index is 0.00267. The molecule has 11 nitrogen and oxygen atoms in total. The summed E-state index contributed by atoms with van der Waals surface area (Å²) in [6, 6.07) is 8.28. The number of Topliss-reactive ketones (excluding diaryl/α,β-unsaturated/α-hetero) is 1. The van der Waals surface area contributed by atoms with Gasteiger partial charge in [0.25, 0.3) is 11.4 Å². The van der Waals surface area contributed by atoms with Crippen LogP contribution in [0.4, 0.5) is 11.4 Å². The lowest BCUT2D eigenvalue weighted by Crippen LogP contribution is -2.34. The predicted octanol–water partition coefficient (Wildman–Crippen LogP) is 5.84. The number of hydrogen-bond acceptors (Lipinski definition) is 9. The number of non-ortho nitro benzene ring substituents is 2. The molecule has 194 valence electrons. The van der Waals surface area contributed by atoms with Gasteiger partial charge in [0.05, 0.1) is 27.4 Å². The molecule has 0 spiro atoms. The second-order valence-electron chi connectivity index (χ2n) is 8.43. The van der Waals surface area contributed by atoms with Crippen molar-refractivity contribution in [3.8, 4) is 5.75 Å². The quantitative estimate of drug-likeness (QED) is 0.194. The number of nitro benzene ring substituents is 2. The molecule has 2 aliphatic heterocycles. The Hall–Kier alpha value is -4.25. The van der Waals surface area contributed by atoms with E-state index in [2.05, 4.69) is 0 Å². The Kier molecular flexibility index (Phi) is 8.28. The van der Waals surface area contributed by atoms with Crippen LogP contribution in [0.3, 0.4) is 0 Å². The van der Waals surface area contributed by atoms with Crippen molar-refractivity contribution in [2.75, 3.05) is 0 Å². The first-order valence-corrected chi connectivity index (χ1v) is 11.5. The summed E-state index contributed by atoms with van der Waals surface area (Å²) in [5.74, 6) is -0.506. The van der Waals surface area contributed by atoms with Crippen LogP contribution >= 0.6 is 11.6 Å². The van der Waals surface area contributed by atoms with Crippen LogP contribution in [-0.2, 0) is 20.7 Å². The van der Waals surface area contributed by atoms with E-state index in [0.29, 0.717) is 6.42 Å². The lowest BCUT2D eigenvalue weighted by Gasteiger charge is -2.30. The van der Waals surface area contributed by atoms with E-state index in [9.17, 15) is 29.8 Å². The van der Waals surface area contributed by atoms with Gasteiger partial charge in [-0.25, -0.2) is 4.79 Å². The van der Waals surface area contributed by atoms with E-state index in [1.807, 2.05) is 13.0 Å². The van der Waals surface area contributed by atoms with Crippen LogP contribution in [0.2, 0.25) is 5.02 Å². The Balaban J connectivity index is 0.000000220. The van der Waals surface area contributed by atoms with Crippen molar-refractivity contribution < 1.29 is 33.6 Å². The number of nitro groups is 2. The van der Waals surface area contributed by atoms with Gasteiger partial charge in [-0.05, 0) is 24.6 Å². The summed E-state index contributed by atoms with van der Waals surface area (Å²) in [7, 11) is 0. The Morgan fingerprint density at radius 3 is 2.30 bits per heavy atom. The molecule has 0 N–H and O–H groups in total. The van der Waals surface area contributed by atoms with Gasteiger partial charge in [-0.3, -0.25) is 25.0 Å². The molecule has 0 saturated carbocycles. The van der Waals surface area contributed by atoms with Gasteiger partial charge < -0.3 is 14.2 Å². The number of ether oxygens (including phenoxy) is 3.